The van der Waals surface area contributed by atoms with Crippen LogP contribution >= 0.6 is 11.6 Å². The van der Waals surface area contributed by atoms with Gasteiger partial charge in [0.2, 0.25) is 15.9 Å². The van der Waals surface area contributed by atoms with Gasteiger partial charge in [-0.25, -0.2) is 18.5 Å². The molecule has 1 unspecified atom stereocenters. The number of pyridine rings is 1. The fraction of sp³-hybridized carbons (Fsp3) is 0.0500. The van der Waals surface area contributed by atoms with E-state index in [0.717, 1.165) is 0 Å². The van der Waals surface area contributed by atoms with Crippen molar-refractivity contribution < 1.29 is 13.2 Å². The molecule has 1 atom stereocenters. The number of hydrogen-bond donors (Lipinski definition) is 2. The Bertz CT molecular complexity index is 1380. The van der Waals surface area contributed by atoms with Crippen molar-refractivity contribution >= 4 is 38.6 Å². The quantitative estimate of drug-likeness (QED) is 0.490. The Hall–Kier alpha value is -3.27. The maximum atomic E-state index is 12.4. The summed E-state index contributed by atoms with van der Waals surface area (Å²) >= 11 is 6.25. The number of nitrogens with zero attached hydrogens (tertiary/aromatic N) is 3. The van der Waals surface area contributed by atoms with E-state index < -0.39 is 21.8 Å². The minimum absolute atomic E-state index is 0.172. The molecule has 0 bridgehead atoms. The Kier molecular flexibility index (Phi) is 5.02. The molecule has 0 radical (unpaired) electrons. The summed E-state index contributed by atoms with van der Waals surface area (Å²) in [6.07, 6.45) is 4.62. The van der Waals surface area contributed by atoms with Crippen LogP contribution in [-0.2, 0) is 14.8 Å². The first-order valence-corrected chi connectivity index (χ1v) is 10.7. The van der Waals surface area contributed by atoms with Gasteiger partial charge in [-0.05, 0) is 35.4 Å². The van der Waals surface area contributed by atoms with Crippen molar-refractivity contribution in [3.05, 3.63) is 83.4 Å². The van der Waals surface area contributed by atoms with Gasteiger partial charge in [0.15, 0.2) is 0 Å². The van der Waals surface area contributed by atoms with Crippen LogP contribution in [0.15, 0.2) is 72.1 Å². The van der Waals surface area contributed by atoms with Gasteiger partial charge >= 0.3 is 0 Å². The highest BCUT2D eigenvalue weighted by molar-refractivity contribution is 7.89. The summed E-state index contributed by atoms with van der Waals surface area (Å²) in [4.78, 5) is 20.3. The van der Waals surface area contributed by atoms with Crippen LogP contribution in [0.4, 0.5) is 0 Å². The number of carbonyl (C=O) groups is 1. The number of hydrogen-bond acceptors (Lipinski definition) is 5. The number of aromatic nitrogens is 3. The number of nitrogens with two attached hydrogens (primary N) is 2. The highest BCUT2D eigenvalue weighted by atomic mass is 35.5. The molecule has 2 heterocycles. The molecular formula is C20H16ClN5O3S. The van der Waals surface area contributed by atoms with Gasteiger partial charge in [-0.3, -0.25) is 14.3 Å². The molecule has 30 heavy (non-hydrogen) atoms. The number of fused-ring (bicyclic) bond motifs is 1. The van der Waals surface area contributed by atoms with Crippen LogP contribution in [-0.4, -0.2) is 28.9 Å². The van der Waals surface area contributed by atoms with Gasteiger partial charge in [0.05, 0.1) is 23.3 Å². The minimum Gasteiger partial charge on any atom is -0.369 e. The summed E-state index contributed by atoms with van der Waals surface area (Å²) in [6.45, 7) is 0. The van der Waals surface area contributed by atoms with Gasteiger partial charge < -0.3 is 5.73 Å². The molecule has 4 N–H and O–H groups in total. The van der Waals surface area contributed by atoms with Crippen molar-refractivity contribution in [3.8, 4) is 5.69 Å². The molecule has 0 saturated carbocycles. The number of sulfonamides is 1. The van der Waals surface area contributed by atoms with Crippen LogP contribution in [0, 0.1) is 0 Å². The van der Waals surface area contributed by atoms with Crippen molar-refractivity contribution in [2.24, 2.45) is 10.9 Å². The number of benzene rings is 2. The highest BCUT2D eigenvalue weighted by Crippen LogP contribution is 2.33. The van der Waals surface area contributed by atoms with Crippen LogP contribution in [0.2, 0.25) is 5.02 Å². The number of primary sulfonamides is 1. The van der Waals surface area contributed by atoms with E-state index >= 15 is 0 Å². The third-order valence-electron chi connectivity index (χ3n) is 4.73. The van der Waals surface area contributed by atoms with Crippen LogP contribution in [0.5, 0.6) is 0 Å². The first-order valence-electron chi connectivity index (χ1n) is 8.75. The van der Waals surface area contributed by atoms with Crippen LogP contribution in [0.25, 0.3) is 16.7 Å². The SMILES string of the molecule is NC(=O)C(c1ccc(-n2cnc3cnccc32)c(S(N)(=O)=O)c1)c1ccccc1Cl. The second-order valence-corrected chi connectivity index (χ2v) is 8.55. The molecular weight excluding hydrogens is 426 g/mol. The van der Waals surface area contributed by atoms with Crippen molar-refractivity contribution in [2.45, 2.75) is 10.8 Å². The van der Waals surface area contributed by atoms with E-state index in [-0.39, 0.29) is 10.6 Å². The maximum absolute atomic E-state index is 12.4. The standard InChI is InChI=1S/C20H16ClN5O3S/c21-14-4-2-1-3-13(14)19(20(22)27)12-5-6-17(18(9-12)30(23,28)29)26-11-25-15-10-24-8-7-16(15)26/h1-11,19H,(H2,22,27)(H2,23,28,29). The zero-order chi connectivity index (χ0) is 21.5. The summed E-state index contributed by atoms with van der Waals surface area (Å²) in [5.41, 5.74) is 8.00. The van der Waals surface area contributed by atoms with Crippen LogP contribution in [0.3, 0.4) is 0 Å². The van der Waals surface area contributed by atoms with Gasteiger partial charge in [0, 0.05) is 11.2 Å². The van der Waals surface area contributed by atoms with E-state index in [1.165, 1.54) is 12.4 Å². The number of imidazole rings is 1. The lowest BCUT2D eigenvalue weighted by Crippen LogP contribution is -2.24. The Morgan fingerprint density at radius 2 is 1.90 bits per heavy atom. The number of rotatable bonds is 5. The average Bonchev–Trinajstić information content (AvgIpc) is 3.13. The molecule has 0 aliphatic carbocycles. The normalized spacial score (nSPS) is 12.7. The largest absolute Gasteiger partial charge is 0.369 e. The van der Waals surface area contributed by atoms with E-state index in [9.17, 15) is 13.2 Å². The Morgan fingerprint density at radius 1 is 1.13 bits per heavy atom. The zero-order valence-corrected chi connectivity index (χ0v) is 17.0. The molecule has 4 rings (SSSR count). The lowest BCUT2D eigenvalue weighted by atomic mass is 9.90. The van der Waals surface area contributed by atoms with E-state index in [0.29, 0.717) is 27.2 Å². The summed E-state index contributed by atoms with van der Waals surface area (Å²) in [7, 11) is -4.15. The Balaban J connectivity index is 1.95. The summed E-state index contributed by atoms with van der Waals surface area (Å²) in [5.74, 6) is -1.62. The fourth-order valence-corrected chi connectivity index (χ4v) is 4.40. The van der Waals surface area contributed by atoms with E-state index in [4.69, 9.17) is 22.5 Å². The van der Waals surface area contributed by atoms with E-state index in [1.807, 2.05) is 0 Å². The van der Waals surface area contributed by atoms with E-state index in [1.54, 1.807) is 59.4 Å². The summed E-state index contributed by atoms with van der Waals surface area (Å²) in [6, 6.07) is 13.0. The molecule has 2 aromatic carbocycles. The van der Waals surface area contributed by atoms with Crippen molar-refractivity contribution in [1.29, 1.82) is 0 Å². The number of halogens is 1. The molecule has 8 nitrogen and oxygen atoms in total. The minimum atomic E-state index is -4.15. The molecule has 2 aromatic heterocycles. The molecule has 0 fully saturated rings. The third kappa shape index (κ3) is 3.54. The summed E-state index contributed by atoms with van der Waals surface area (Å²) in [5, 5.41) is 5.85. The topological polar surface area (TPSA) is 134 Å². The first kappa shape index (κ1) is 20.0. The highest BCUT2D eigenvalue weighted by Gasteiger charge is 2.26. The second-order valence-electron chi connectivity index (χ2n) is 6.61. The fourth-order valence-electron chi connectivity index (χ4n) is 3.40. The zero-order valence-electron chi connectivity index (χ0n) is 15.4. The molecule has 0 spiro atoms. The van der Waals surface area contributed by atoms with Crippen molar-refractivity contribution in [1.82, 2.24) is 14.5 Å². The predicted molar refractivity (Wildman–Crippen MR) is 113 cm³/mol. The number of primary amides is 1. The lowest BCUT2D eigenvalue weighted by molar-refractivity contribution is -0.118. The molecule has 4 aromatic rings. The average molecular weight is 442 g/mol. The van der Waals surface area contributed by atoms with Crippen LogP contribution in [0.1, 0.15) is 17.0 Å². The third-order valence-corrected chi connectivity index (χ3v) is 6.02. The van der Waals surface area contributed by atoms with E-state index in [2.05, 4.69) is 9.97 Å². The van der Waals surface area contributed by atoms with Gasteiger partial charge in [0.25, 0.3) is 0 Å². The Labute approximate surface area is 177 Å². The number of carbonyl (C=O) groups excluding carboxylic acids is 1. The molecule has 1 amide bonds. The first-order chi connectivity index (χ1) is 14.3. The lowest BCUT2D eigenvalue weighted by Gasteiger charge is -2.18. The van der Waals surface area contributed by atoms with Gasteiger partial charge in [-0.15, -0.1) is 0 Å². The second kappa shape index (κ2) is 7.52. The van der Waals surface area contributed by atoms with Gasteiger partial charge in [-0.1, -0.05) is 35.9 Å². The smallest absolute Gasteiger partial charge is 0.240 e. The molecule has 0 aliphatic heterocycles. The molecule has 0 saturated heterocycles. The Morgan fingerprint density at radius 3 is 2.60 bits per heavy atom. The molecule has 152 valence electrons. The summed E-state index contributed by atoms with van der Waals surface area (Å²) < 4.78 is 26.4. The predicted octanol–water partition coefficient (Wildman–Crippen LogP) is 2.34. The van der Waals surface area contributed by atoms with Crippen LogP contribution < -0.4 is 10.9 Å². The van der Waals surface area contributed by atoms with Gasteiger partial charge in [0.1, 0.15) is 16.7 Å². The van der Waals surface area contributed by atoms with Crippen molar-refractivity contribution in [3.63, 3.8) is 0 Å². The monoisotopic (exact) mass is 441 g/mol. The molecule has 0 aliphatic rings. The number of amides is 1. The molecule has 10 heteroatoms. The van der Waals surface area contributed by atoms with Gasteiger partial charge in [-0.2, -0.15) is 0 Å². The van der Waals surface area contributed by atoms with Crippen molar-refractivity contribution in [2.75, 3.05) is 0 Å². The maximum Gasteiger partial charge on any atom is 0.240 e.